The van der Waals surface area contributed by atoms with Crippen LogP contribution < -0.4 is 10.1 Å². The number of nitrogens with one attached hydrogen (secondary N) is 2. The second-order valence-corrected chi connectivity index (χ2v) is 8.51. The minimum Gasteiger partial charge on any atom is -0.483 e. The van der Waals surface area contributed by atoms with Crippen molar-refractivity contribution in [3.8, 4) is 5.75 Å². The van der Waals surface area contributed by atoms with Gasteiger partial charge in [-0.3, -0.25) is 4.79 Å². The Balaban J connectivity index is 1.70. The lowest BCUT2D eigenvalue weighted by atomic mass is 10.0. The summed E-state index contributed by atoms with van der Waals surface area (Å²) in [6, 6.07) is 13.9. The zero-order valence-electron chi connectivity index (χ0n) is 17.5. The summed E-state index contributed by atoms with van der Waals surface area (Å²) in [4.78, 5) is 20.7. The van der Waals surface area contributed by atoms with Crippen molar-refractivity contribution in [1.82, 2.24) is 15.3 Å². The molecule has 6 heteroatoms. The molecule has 0 aliphatic rings. The molecule has 0 saturated heterocycles. The van der Waals surface area contributed by atoms with Crippen LogP contribution in [0.2, 0.25) is 0 Å². The van der Waals surface area contributed by atoms with Crippen LogP contribution in [0.5, 0.6) is 5.75 Å². The number of hydrogen-bond donors (Lipinski definition) is 2. The van der Waals surface area contributed by atoms with Gasteiger partial charge in [0.1, 0.15) is 11.6 Å². The molecule has 5 nitrogen and oxygen atoms in total. The molecular formula is C23H29N3O2S. The van der Waals surface area contributed by atoms with Gasteiger partial charge in [0.2, 0.25) is 0 Å². The molecule has 0 fully saturated rings. The number of aromatic nitrogens is 2. The quantitative estimate of drug-likeness (QED) is 0.521. The number of para-hydroxylation sites is 2. The minimum absolute atomic E-state index is 0.0147. The Morgan fingerprint density at radius 2 is 2.03 bits per heavy atom. The molecule has 1 aromatic heterocycles. The number of imidazole rings is 1. The average Bonchev–Trinajstić information content (AvgIpc) is 3.13. The Morgan fingerprint density at radius 1 is 1.24 bits per heavy atom. The Hall–Kier alpha value is -2.47. The number of thioether (sulfide) groups is 1. The highest BCUT2D eigenvalue weighted by Gasteiger charge is 2.19. The van der Waals surface area contributed by atoms with E-state index in [1.165, 1.54) is 0 Å². The maximum absolute atomic E-state index is 12.7. The van der Waals surface area contributed by atoms with E-state index in [1.807, 2.05) is 37.3 Å². The Kier molecular flexibility index (Phi) is 7.20. The van der Waals surface area contributed by atoms with Crippen molar-refractivity contribution in [3.05, 3.63) is 59.4 Å². The Bertz CT molecular complexity index is 935. The van der Waals surface area contributed by atoms with E-state index >= 15 is 0 Å². The Labute approximate surface area is 176 Å². The molecule has 1 atom stereocenters. The van der Waals surface area contributed by atoms with Crippen LogP contribution in [0.3, 0.4) is 0 Å². The van der Waals surface area contributed by atoms with Crippen LogP contribution in [0.25, 0.3) is 11.0 Å². The van der Waals surface area contributed by atoms with Crippen LogP contribution in [-0.4, -0.2) is 34.5 Å². The third kappa shape index (κ3) is 5.54. The standard InChI is InChI=1S/C23H29N3O2S/c1-15(2)17-10-9-16(3)13-21(17)28-14-22(27)24-20(11-12-29-4)23-25-18-7-5-6-8-19(18)26-23/h5-10,13,15,20H,11-12,14H2,1-4H3,(H,24,27)(H,25,26)/t20-/m0/s1. The molecule has 3 rings (SSSR count). The fraction of sp³-hybridized carbons (Fsp3) is 0.391. The van der Waals surface area contributed by atoms with Gasteiger partial charge >= 0.3 is 0 Å². The summed E-state index contributed by atoms with van der Waals surface area (Å²) in [5.74, 6) is 2.68. The Morgan fingerprint density at radius 3 is 2.76 bits per heavy atom. The minimum atomic E-state index is -0.173. The molecule has 1 amide bonds. The highest BCUT2D eigenvalue weighted by Crippen LogP contribution is 2.27. The molecule has 2 aromatic carbocycles. The molecule has 0 unspecified atom stereocenters. The van der Waals surface area contributed by atoms with Gasteiger partial charge in [0.25, 0.3) is 5.91 Å². The first-order valence-corrected chi connectivity index (χ1v) is 11.3. The number of hydrogen-bond acceptors (Lipinski definition) is 4. The lowest BCUT2D eigenvalue weighted by molar-refractivity contribution is -0.123. The van der Waals surface area contributed by atoms with Gasteiger partial charge in [0.05, 0.1) is 17.1 Å². The SMILES string of the molecule is CSCC[C@H](NC(=O)COc1cc(C)ccc1C(C)C)c1nc2ccccc2[nH]1. The van der Waals surface area contributed by atoms with Crippen LogP contribution in [0.4, 0.5) is 0 Å². The summed E-state index contributed by atoms with van der Waals surface area (Å²) in [5, 5.41) is 3.09. The van der Waals surface area contributed by atoms with Crippen LogP contribution >= 0.6 is 11.8 Å². The van der Waals surface area contributed by atoms with Gasteiger partial charge < -0.3 is 15.0 Å². The van der Waals surface area contributed by atoms with Crippen LogP contribution in [0.15, 0.2) is 42.5 Å². The maximum Gasteiger partial charge on any atom is 0.258 e. The van der Waals surface area contributed by atoms with E-state index in [-0.39, 0.29) is 18.6 Å². The summed E-state index contributed by atoms with van der Waals surface area (Å²) in [6.07, 6.45) is 2.86. The fourth-order valence-electron chi connectivity index (χ4n) is 3.27. The van der Waals surface area contributed by atoms with Crippen LogP contribution in [-0.2, 0) is 4.79 Å². The number of carbonyl (C=O) groups excluding carboxylic acids is 1. The fourth-order valence-corrected chi connectivity index (χ4v) is 3.74. The second-order valence-electron chi connectivity index (χ2n) is 7.53. The third-order valence-corrected chi connectivity index (χ3v) is 5.48. The molecule has 0 aliphatic heterocycles. The first kappa shape index (κ1) is 21.2. The predicted molar refractivity (Wildman–Crippen MR) is 121 cm³/mol. The molecule has 0 aliphatic carbocycles. The molecule has 154 valence electrons. The highest BCUT2D eigenvalue weighted by molar-refractivity contribution is 7.98. The normalized spacial score (nSPS) is 12.3. The van der Waals surface area contributed by atoms with E-state index in [1.54, 1.807) is 11.8 Å². The van der Waals surface area contributed by atoms with Gasteiger partial charge in [-0.25, -0.2) is 4.98 Å². The van der Waals surface area contributed by atoms with Crippen LogP contribution in [0.1, 0.15) is 49.2 Å². The number of carbonyl (C=O) groups is 1. The number of aryl methyl sites for hydroxylation is 1. The highest BCUT2D eigenvalue weighted by atomic mass is 32.2. The zero-order valence-corrected chi connectivity index (χ0v) is 18.3. The summed E-state index contributed by atoms with van der Waals surface area (Å²) < 4.78 is 5.89. The molecule has 0 spiro atoms. The first-order chi connectivity index (χ1) is 14.0. The molecule has 1 heterocycles. The number of H-pyrrole nitrogens is 1. The average molecular weight is 412 g/mol. The number of rotatable bonds is 9. The largest absolute Gasteiger partial charge is 0.483 e. The van der Waals surface area contributed by atoms with Crippen molar-refractivity contribution in [3.63, 3.8) is 0 Å². The molecule has 3 aromatic rings. The van der Waals surface area contributed by atoms with E-state index in [0.717, 1.165) is 45.9 Å². The van der Waals surface area contributed by atoms with E-state index < -0.39 is 0 Å². The number of aromatic amines is 1. The van der Waals surface area contributed by atoms with Gasteiger partial charge in [0, 0.05) is 0 Å². The van der Waals surface area contributed by atoms with Gasteiger partial charge in [-0.05, 0) is 60.6 Å². The third-order valence-electron chi connectivity index (χ3n) is 4.83. The van der Waals surface area contributed by atoms with Crippen molar-refractivity contribution in [2.75, 3.05) is 18.6 Å². The van der Waals surface area contributed by atoms with Crippen molar-refractivity contribution >= 4 is 28.7 Å². The van der Waals surface area contributed by atoms with Gasteiger partial charge in [-0.2, -0.15) is 11.8 Å². The summed E-state index contributed by atoms with van der Waals surface area (Å²) >= 11 is 1.75. The number of nitrogens with zero attached hydrogens (tertiary/aromatic N) is 1. The molecule has 29 heavy (non-hydrogen) atoms. The van der Waals surface area contributed by atoms with Crippen molar-refractivity contribution in [1.29, 1.82) is 0 Å². The monoisotopic (exact) mass is 411 g/mol. The van der Waals surface area contributed by atoms with E-state index in [9.17, 15) is 4.79 Å². The van der Waals surface area contributed by atoms with Gasteiger partial charge in [0.15, 0.2) is 6.61 Å². The number of fused-ring (bicyclic) bond motifs is 1. The first-order valence-electron chi connectivity index (χ1n) is 9.94. The number of amides is 1. The molecule has 0 radical (unpaired) electrons. The smallest absolute Gasteiger partial charge is 0.258 e. The molecule has 2 N–H and O–H groups in total. The summed E-state index contributed by atoms with van der Waals surface area (Å²) in [5.41, 5.74) is 4.11. The van der Waals surface area contributed by atoms with Crippen molar-refractivity contribution < 1.29 is 9.53 Å². The van der Waals surface area contributed by atoms with E-state index in [4.69, 9.17) is 4.74 Å². The van der Waals surface area contributed by atoms with Crippen LogP contribution in [0, 0.1) is 6.92 Å². The van der Waals surface area contributed by atoms with Crippen molar-refractivity contribution in [2.24, 2.45) is 0 Å². The van der Waals surface area contributed by atoms with Crippen molar-refractivity contribution in [2.45, 2.75) is 39.2 Å². The topological polar surface area (TPSA) is 67.0 Å². The molecular weight excluding hydrogens is 382 g/mol. The molecule has 0 saturated carbocycles. The lowest BCUT2D eigenvalue weighted by Crippen LogP contribution is -2.33. The van der Waals surface area contributed by atoms with E-state index in [2.05, 4.69) is 47.5 Å². The second kappa shape index (κ2) is 9.83. The summed E-state index contributed by atoms with van der Waals surface area (Å²) in [7, 11) is 0. The zero-order chi connectivity index (χ0) is 20.8. The number of ether oxygens (including phenoxy) is 1. The molecule has 0 bridgehead atoms. The van der Waals surface area contributed by atoms with Gasteiger partial charge in [-0.15, -0.1) is 0 Å². The number of benzene rings is 2. The maximum atomic E-state index is 12.7. The predicted octanol–water partition coefficient (Wildman–Crippen LogP) is 4.98. The van der Waals surface area contributed by atoms with Gasteiger partial charge in [-0.1, -0.05) is 38.1 Å². The lowest BCUT2D eigenvalue weighted by Gasteiger charge is -2.18. The summed E-state index contributed by atoms with van der Waals surface area (Å²) in [6.45, 7) is 6.26. The van der Waals surface area contributed by atoms with E-state index in [0.29, 0.717) is 5.92 Å².